The highest BCUT2D eigenvalue weighted by Crippen LogP contribution is 2.33. The lowest BCUT2D eigenvalue weighted by Crippen LogP contribution is -2.51. The van der Waals surface area contributed by atoms with Crippen LogP contribution < -0.4 is 4.74 Å². The largest absolute Gasteiger partial charge is 0.481 e. The van der Waals surface area contributed by atoms with E-state index in [1.165, 1.54) is 0 Å². The summed E-state index contributed by atoms with van der Waals surface area (Å²) in [5.41, 5.74) is 1.13. The molecule has 0 unspecified atom stereocenters. The van der Waals surface area contributed by atoms with Gasteiger partial charge in [-0.05, 0) is 18.9 Å². The Morgan fingerprint density at radius 1 is 1.50 bits per heavy atom. The van der Waals surface area contributed by atoms with Crippen LogP contribution in [-0.4, -0.2) is 55.0 Å². The molecule has 2 aliphatic rings. The Morgan fingerprint density at radius 3 is 3.23 bits per heavy atom. The highest BCUT2D eigenvalue weighted by Gasteiger charge is 2.43. The Bertz CT molecular complexity index is 508. The zero-order valence-corrected chi connectivity index (χ0v) is 13.1. The van der Waals surface area contributed by atoms with Crippen molar-refractivity contribution in [3.63, 3.8) is 0 Å². The Labute approximate surface area is 131 Å². The normalized spacial score (nSPS) is 28.3. The summed E-state index contributed by atoms with van der Waals surface area (Å²) in [5.74, 6) is 0.711. The van der Waals surface area contributed by atoms with Gasteiger partial charge in [-0.25, -0.2) is 4.98 Å². The van der Waals surface area contributed by atoms with Gasteiger partial charge in [0.15, 0.2) is 0 Å². The molecule has 1 aliphatic carbocycles. The van der Waals surface area contributed by atoms with Gasteiger partial charge < -0.3 is 14.2 Å². The van der Waals surface area contributed by atoms with Gasteiger partial charge in [-0.2, -0.15) is 0 Å². The lowest BCUT2D eigenvalue weighted by atomic mass is 10.1. The van der Waals surface area contributed by atoms with Gasteiger partial charge in [0.2, 0.25) is 5.88 Å². The number of pyridine rings is 1. The van der Waals surface area contributed by atoms with Crippen LogP contribution in [0.4, 0.5) is 0 Å². The third-order valence-corrected chi connectivity index (χ3v) is 4.50. The average Bonchev–Trinajstić information content (AvgIpc) is 2.97. The van der Waals surface area contributed by atoms with Crippen molar-refractivity contribution < 1.29 is 14.2 Å². The minimum atomic E-state index is 0.163. The lowest BCUT2D eigenvalue weighted by Gasteiger charge is -2.39. The molecule has 0 spiro atoms. The van der Waals surface area contributed by atoms with E-state index in [0.29, 0.717) is 18.5 Å². The maximum absolute atomic E-state index is 5.99. The third-order valence-electron chi connectivity index (χ3n) is 4.50. The SMILES string of the molecule is C=CCO[C@@H]1CC[C@H]2[C@H]1OCCN2Cc1cccnc1OC. The fourth-order valence-corrected chi connectivity index (χ4v) is 3.51. The number of rotatable bonds is 6. The molecule has 2 fully saturated rings. The second-order valence-corrected chi connectivity index (χ2v) is 5.78. The van der Waals surface area contributed by atoms with Gasteiger partial charge in [0.25, 0.3) is 0 Å². The number of aromatic nitrogens is 1. The van der Waals surface area contributed by atoms with Gasteiger partial charge in [-0.3, -0.25) is 4.90 Å². The molecule has 1 aromatic heterocycles. The second-order valence-electron chi connectivity index (χ2n) is 5.78. The standard InChI is InChI=1S/C17H24N2O3/c1-3-10-21-15-7-6-14-16(15)22-11-9-19(14)12-13-5-4-8-18-17(13)20-2/h3-5,8,14-16H,1,6-7,9-12H2,2H3/t14-,15+,16+/m0/s1. The van der Waals surface area contributed by atoms with Crippen LogP contribution in [0.5, 0.6) is 5.88 Å². The van der Waals surface area contributed by atoms with Crippen LogP contribution in [0.15, 0.2) is 31.0 Å². The van der Waals surface area contributed by atoms with Crippen LogP contribution in [0, 0.1) is 0 Å². The summed E-state index contributed by atoms with van der Waals surface area (Å²) in [7, 11) is 1.67. The maximum Gasteiger partial charge on any atom is 0.217 e. The Morgan fingerprint density at radius 2 is 2.41 bits per heavy atom. The van der Waals surface area contributed by atoms with E-state index >= 15 is 0 Å². The van der Waals surface area contributed by atoms with Crippen molar-refractivity contribution >= 4 is 0 Å². The number of methoxy groups -OCH3 is 1. The molecule has 3 rings (SSSR count). The molecule has 2 heterocycles. The molecule has 1 saturated heterocycles. The van der Waals surface area contributed by atoms with Crippen molar-refractivity contribution in [2.24, 2.45) is 0 Å². The number of ether oxygens (including phenoxy) is 3. The third kappa shape index (κ3) is 3.16. The smallest absolute Gasteiger partial charge is 0.217 e. The van der Waals surface area contributed by atoms with Crippen molar-refractivity contribution in [2.75, 3.05) is 26.9 Å². The van der Waals surface area contributed by atoms with Gasteiger partial charge in [0.05, 0.1) is 32.5 Å². The van der Waals surface area contributed by atoms with Crippen molar-refractivity contribution in [2.45, 2.75) is 37.6 Å². The molecule has 0 aromatic carbocycles. The van der Waals surface area contributed by atoms with Crippen LogP contribution in [0.1, 0.15) is 18.4 Å². The van der Waals surface area contributed by atoms with E-state index in [0.717, 1.165) is 38.1 Å². The minimum Gasteiger partial charge on any atom is -0.481 e. The van der Waals surface area contributed by atoms with Crippen LogP contribution in [0.25, 0.3) is 0 Å². The molecule has 5 nitrogen and oxygen atoms in total. The predicted octanol–water partition coefficient (Wildman–Crippen LogP) is 2.02. The van der Waals surface area contributed by atoms with Crippen LogP contribution in [-0.2, 0) is 16.0 Å². The van der Waals surface area contributed by atoms with E-state index < -0.39 is 0 Å². The van der Waals surface area contributed by atoms with Crippen LogP contribution in [0.3, 0.4) is 0 Å². The molecular formula is C17H24N2O3. The molecule has 5 heteroatoms. The first kappa shape index (κ1) is 15.5. The molecular weight excluding hydrogens is 280 g/mol. The Hall–Kier alpha value is -1.43. The Kier molecular flexibility index (Phi) is 5.08. The summed E-state index contributed by atoms with van der Waals surface area (Å²) in [5, 5.41) is 0. The molecule has 0 bridgehead atoms. The van der Waals surface area contributed by atoms with Gasteiger partial charge in [-0.15, -0.1) is 6.58 Å². The highest BCUT2D eigenvalue weighted by molar-refractivity contribution is 5.25. The number of fused-ring (bicyclic) bond motifs is 1. The quantitative estimate of drug-likeness (QED) is 0.752. The van der Waals surface area contributed by atoms with Crippen LogP contribution >= 0.6 is 0 Å². The maximum atomic E-state index is 5.99. The molecule has 0 N–H and O–H groups in total. The van der Waals surface area contributed by atoms with Gasteiger partial charge >= 0.3 is 0 Å². The molecule has 120 valence electrons. The molecule has 0 amide bonds. The van der Waals surface area contributed by atoms with E-state index in [-0.39, 0.29) is 12.2 Å². The summed E-state index contributed by atoms with van der Waals surface area (Å²) in [6, 6.07) is 4.45. The fraction of sp³-hybridized carbons (Fsp3) is 0.588. The summed E-state index contributed by atoms with van der Waals surface area (Å²) in [4.78, 5) is 6.76. The molecule has 0 radical (unpaired) electrons. The van der Waals surface area contributed by atoms with E-state index in [1.807, 2.05) is 6.07 Å². The number of hydrogen-bond donors (Lipinski definition) is 0. The van der Waals surface area contributed by atoms with Gasteiger partial charge in [-0.1, -0.05) is 12.1 Å². The van der Waals surface area contributed by atoms with E-state index in [2.05, 4.69) is 22.5 Å². The zero-order chi connectivity index (χ0) is 15.4. The number of nitrogens with zero attached hydrogens (tertiary/aromatic N) is 2. The Balaban J connectivity index is 1.68. The van der Waals surface area contributed by atoms with E-state index in [4.69, 9.17) is 14.2 Å². The first-order valence-electron chi connectivity index (χ1n) is 7.89. The zero-order valence-electron chi connectivity index (χ0n) is 13.1. The topological polar surface area (TPSA) is 43.8 Å². The summed E-state index contributed by atoms with van der Waals surface area (Å²) in [6.07, 6.45) is 6.06. The van der Waals surface area contributed by atoms with E-state index in [9.17, 15) is 0 Å². The van der Waals surface area contributed by atoms with Crippen LogP contribution in [0.2, 0.25) is 0 Å². The van der Waals surface area contributed by atoms with E-state index in [1.54, 1.807) is 19.4 Å². The average molecular weight is 304 g/mol. The molecule has 1 saturated carbocycles. The minimum absolute atomic E-state index is 0.163. The molecule has 22 heavy (non-hydrogen) atoms. The second kappa shape index (κ2) is 7.22. The monoisotopic (exact) mass is 304 g/mol. The van der Waals surface area contributed by atoms with Crippen molar-refractivity contribution in [1.29, 1.82) is 0 Å². The first-order chi connectivity index (χ1) is 10.8. The van der Waals surface area contributed by atoms with Crippen molar-refractivity contribution in [3.8, 4) is 5.88 Å². The molecule has 1 aromatic rings. The molecule has 1 aliphatic heterocycles. The molecule has 3 atom stereocenters. The summed E-state index contributed by atoms with van der Waals surface area (Å²) < 4.78 is 17.2. The predicted molar refractivity (Wildman–Crippen MR) is 83.9 cm³/mol. The van der Waals surface area contributed by atoms with Crippen molar-refractivity contribution in [3.05, 3.63) is 36.5 Å². The summed E-state index contributed by atoms with van der Waals surface area (Å²) in [6.45, 7) is 6.84. The van der Waals surface area contributed by atoms with Gasteiger partial charge in [0.1, 0.15) is 0 Å². The first-order valence-corrected chi connectivity index (χ1v) is 7.89. The summed E-state index contributed by atoms with van der Waals surface area (Å²) >= 11 is 0. The highest BCUT2D eigenvalue weighted by atomic mass is 16.5. The van der Waals surface area contributed by atoms with Gasteiger partial charge in [0, 0.05) is 30.9 Å². The fourth-order valence-electron chi connectivity index (χ4n) is 3.51. The number of hydrogen-bond acceptors (Lipinski definition) is 5. The van der Waals surface area contributed by atoms with Crippen molar-refractivity contribution in [1.82, 2.24) is 9.88 Å². The number of morpholine rings is 1. The lowest BCUT2D eigenvalue weighted by molar-refractivity contribution is -0.111.